The molecule has 1 atom stereocenters. The zero-order chi connectivity index (χ0) is 35.0. The maximum atomic E-state index is 13.2. The molecule has 12 nitrogen and oxygen atoms in total. The number of ether oxygens (including phenoxy) is 2. The van der Waals surface area contributed by atoms with Crippen LogP contribution in [0.3, 0.4) is 0 Å². The van der Waals surface area contributed by atoms with Gasteiger partial charge in [0.15, 0.2) is 5.65 Å². The average Bonchev–Trinajstić information content (AvgIpc) is 3.71. The van der Waals surface area contributed by atoms with E-state index in [1.165, 1.54) is 6.33 Å². The van der Waals surface area contributed by atoms with Gasteiger partial charge in [0.1, 0.15) is 35.2 Å². The Labute approximate surface area is 284 Å². The number of nitrogens with one attached hydrogen (secondary N) is 2. The first-order chi connectivity index (χ1) is 24.1. The minimum absolute atomic E-state index is 0.113. The summed E-state index contributed by atoms with van der Waals surface area (Å²) in [5, 5.41) is 16.4. The van der Waals surface area contributed by atoms with Gasteiger partial charge in [-0.2, -0.15) is 23.4 Å². The monoisotopic (exact) mass is 683 g/mol. The molecule has 0 spiro atoms. The van der Waals surface area contributed by atoms with Gasteiger partial charge in [-0.15, -0.1) is 0 Å². The normalized spacial score (nSPS) is 14.3. The van der Waals surface area contributed by atoms with Crippen molar-refractivity contribution in [2.45, 2.75) is 38.0 Å². The molecule has 15 heteroatoms. The quantitative estimate of drug-likeness (QED) is 0.176. The third-order valence-corrected chi connectivity index (χ3v) is 8.66. The van der Waals surface area contributed by atoms with Gasteiger partial charge in [0.2, 0.25) is 0 Å². The van der Waals surface area contributed by atoms with E-state index < -0.39 is 17.6 Å². The van der Waals surface area contributed by atoms with E-state index in [0.717, 1.165) is 54.4 Å². The Bertz CT molecular complexity index is 2200. The Hall–Kier alpha value is -5.99. The van der Waals surface area contributed by atoms with Crippen molar-refractivity contribution in [2.75, 3.05) is 24.9 Å². The summed E-state index contributed by atoms with van der Waals surface area (Å²) >= 11 is 0. The highest BCUT2D eigenvalue weighted by atomic mass is 19.4. The molecule has 0 bridgehead atoms. The number of amides is 1. The van der Waals surface area contributed by atoms with Gasteiger partial charge in [-0.25, -0.2) is 19.6 Å². The lowest BCUT2D eigenvalue weighted by Crippen LogP contribution is -2.18. The topological polar surface area (TPSA) is 134 Å². The highest BCUT2D eigenvalue weighted by molar-refractivity contribution is 6.04. The van der Waals surface area contributed by atoms with Crippen LogP contribution in [0.15, 0.2) is 73.3 Å². The van der Waals surface area contributed by atoms with Crippen LogP contribution in [0, 0.1) is 0 Å². The van der Waals surface area contributed by atoms with Crippen molar-refractivity contribution in [1.82, 2.24) is 34.5 Å². The molecular weight excluding hydrogens is 651 g/mol. The van der Waals surface area contributed by atoms with Crippen LogP contribution in [0.4, 0.5) is 24.8 Å². The van der Waals surface area contributed by atoms with Crippen LogP contribution in [-0.4, -0.2) is 54.6 Å². The van der Waals surface area contributed by atoms with E-state index >= 15 is 0 Å². The molecule has 0 radical (unpaired) electrons. The van der Waals surface area contributed by atoms with Crippen LogP contribution in [0.25, 0.3) is 22.3 Å². The Morgan fingerprint density at radius 2 is 1.82 bits per heavy atom. The number of hydrogen-bond donors (Lipinski definition) is 2. The van der Waals surface area contributed by atoms with Gasteiger partial charge >= 0.3 is 6.18 Å². The number of rotatable bonds is 9. The van der Waals surface area contributed by atoms with Crippen molar-refractivity contribution in [3.05, 3.63) is 101 Å². The number of nitrogens with zero attached hydrogens (tertiary/aromatic N) is 7. The first kappa shape index (κ1) is 32.6. The largest absolute Gasteiger partial charge is 0.497 e. The summed E-state index contributed by atoms with van der Waals surface area (Å²) in [6.45, 7) is 0.378. The lowest BCUT2D eigenvalue weighted by atomic mass is 9.93. The predicted molar refractivity (Wildman–Crippen MR) is 179 cm³/mol. The van der Waals surface area contributed by atoms with Gasteiger partial charge in [-0.05, 0) is 55.7 Å². The highest BCUT2D eigenvalue weighted by Crippen LogP contribution is 2.39. The number of fused-ring (bicyclic) bond motifs is 2. The fraction of sp³-hybridized carbons (Fsp3) is 0.257. The molecule has 0 saturated carbocycles. The van der Waals surface area contributed by atoms with Crippen molar-refractivity contribution in [1.29, 1.82) is 0 Å². The number of carbonyl (C=O) groups is 1. The number of pyridine rings is 1. The van der Waals surface area contributed by atoms with Gasteiger partial charge in [-0.1, -0.05) is 12.1 Å². The second kappa shape index (κ2) is 13.1. The van der Waals surface area contributed by atoms with E-state index in [1.54, 1.807) is 38.5 Å². The molecule has 0 aliphatic heterocycles. The first-order valence-corrected chi connectivity index (χ1v) is 15.8. The zero-order valence-electron chi connectivity index (χ0n) is 27.3. The van der Waals surface area contributed by atoms with Gasteiger partial charge < -0.3 is 20.1 Å². The second-order valence-corrected chi connectivity index (χ2v) is 11.8. The van der Waals surface area contributed by atoms with Gasteiger partial charge in [0.25, 0.3) is 5.91 Å². The molecule has 0 saturated heterocycles. The number of hydrogen-bond acceptors (Lipinski definition) is 9. The van der Waals surface area contributed by atoms with E-state index in [4.69, 9.17) is 19.6 Å². The fourth-order valence-electron chi connectivity index (χ4n) is 6.24. The summed E-state index contributed by atoms with van der Waals surface area (Å²) in [7, 11) is 5.09. The summed E-state index contributed by atoms with van der Waals surface area (Å²) in [6, 6.07) is 13.7. The van der Waals surface area contributed by atoms with Crippen molar-refractivity contribution >= 4 is 28.6 Å². The molecule has 7 rings (SSSR count). The molecule has 2 aromatic carbocycles. The number of benzene rings is 2. The molecule has 1 unspecified atom stereocenters. The minimum Gasteiger partial charge on any atom is -0.497 e. The van der Waals surface area contributed by atoms with Crippen molar-refractivity contribution in [3.8, 4) is 22.8 Å². The maximum Gasteiger partial charge on any atom is 0.416 e. The molecule has 1 amide bonds. The van der Waals surface area contributed by atoms with E-state index in [-0.39, 0.29) is 17.4 Å². The second-order valence-electron chi connectivity index (χ2n) is 11.8. The van der Waals surface area contributed by atoms with Crippen LogP contribution >= 0.6 is 0 Å². The van der Waals surface area contributed by atoms with Gasteiger partial charge in [-0.3, -0.25) is 9.48 Å². The summed E-state index contributed by atoms with van der Waals surface area (Å²) in [6.07, 6.45) is 2.61. The smallest absolute Gasteiger partial charge is 0.416 e. The van der Waals surface area contributed by atoms with Crippen LogP contribution in [0.2, 0.25) is 0 Å². The molecular formula is C35H32F3N9O3. The molecule has 4 heterocycles. The Kier molecular flexibility index (Phi) is 8.55. The van der Waals surface area contributed by atoms with Crippen LogP contribution < -0.4 is 20.1 Å². The number of carbonyl (C=O) groups excluding carboxylic acids is 1. The standard InChI is InChI=1S/C35H32F3N9O3/c1-46-18-25-26(44-46)5-4-6-27(25)47-33-30(32(41-19-42-33)40-17-22-11-12-24(49-2)16-28(22)50-3)31(45-47)20-7-9-21(10-8-20)34(48)43-29-15-23(13-14-39-29)35(36,37)38/h7-16,18-19,27H,4-6,17H2,1-3H3,(H,39,43,48)(H,40,41,42). The molecule has 0 fully saturated rings. The number of aryl methyl sites for hydroxylation is 2. The number of methoxy groups -OCH3 is 2. The first-order valence-electron chi connectivity index (χ1n) is 15.8. The van der Waals surface area contributed by atoms with E-state index in [1.807, 2.05) is 40.8 Å². The van der Waals surface area contributed by atoms with Crippen molar-refractivity contribution < 1.29 is 27.4 Å². The molecule has 1 aliphatic rings. The highest BCUT2D eigenvalue weighted by Gasteiger charge is 2.31. The molecule has 2 N–H and O–H groups in total. The fourth-order valence-corrected chi connectivity index (χ4v) is 6.24. The minimum atomic E-state index is -4.56. The Morgan fingerprint density at radius 3 is 2.58 bits per heavy atom. The molecule has 1 aliphatic carbocycles. The summed E-state index contributed by atoms with van der Waals surface area (Å²) in [5.74, 6) is 1.06. The average molecular weight is 684 g/mol. The summed E-state index contributed by atoms with van der Waals surface area (Å²) in [5.41, 5.74) is 4.21. The number of aromatic nitrogens is 7. The Morgan fingerprint density at radius 1 is 1.00 bits per heavy atom. The number of alkyl halides is 3. The molecule has 256 valence electrons. The van der Waals surface area contributed by atoms with E-state index in [9.17, 15) is 18.0 Å². The summed E-state index contributed by atoms with van der Waals surface area (Å²) in [4.78, 5) is 26.2. The number of halogens is 3. The number of anilines is 2. The van der Waals surface area contributed by atoms with Gasteiger partial charge in [0, 0.05) is 54.3 Å². The van der Waals surface area contributed by atoms with Crippen LogP contribution in [-0.2, 0) is 26.2 Å². The lowest BCUT2D eigenvalue weighted by molar-refractivity contribution is -0.137. The van der Waals surface area contributed by atoms with Crippen LogP contribution in [0.1, 0.15) is 51.6 Å². The van der Waals surface area contributed by atoms with E-state index in [0.29, 0.717) is 46.2 Å². The lowest BCUT2D eigenvalue weighted by Gasteiger charge is -2.22. The predicted octanol–water partition coefficient (Wildman–Crippen LogP) is 6.45. The third-order valence-electron chi connectivity index (χ3n) is 8.66. The molecule has 50 heavy (non-hydrogen) atoms. The van der Waals surface area contributed by atoms with E-state index in [2.05, 4.69) is 25.7 Å². The maximum absolute atomic E-state index is 13.2. The Balaban J connectivity index is 1.26. The van der Waals surface area contributed by atoms with Gasteiger partial charge in [0.05, 0.1) is 36.9 Å². The SMILES string of the molecule is COc1ccc(CNc2ncnc3c2c(-c2ccc(C(=O)Nc4cc(C(F)(F)F)ccn4)cc2)nn3C2CCCc3nn(C)cc32)c(OC)c1. The van der Waals surface area contributed by atoms with Crippen molar-refractivity contribution in [3.63, 3.8) is 0 Å². The molecule has 4 aromatic heterocycles. The summed E-state index contributed by atoms with van der Waals surface area (Å²) < 4.78 is 54.3. The molecule has 6 aromatic rings. The zero-order valence-corrected chi connectivity index (χ0v) is 27.3. The third kappa shape index (κ3) is 6.29. The van der Waals surface area contributed by atoms with Crippen molar-refractivity contribution in [2.24, 2.45) is 7.05 Å². The van der Waals surface area contributed by atoms with Crippen LogP contribution in [0.5, 0.6) is 11.5 Å².